The molecular formula is C17H23NO4. The number of amides is 1. The summed E-state index contributed by atoms with van der Waals surface area (Å²) in [5.74, 6) is -0.989. The minimum absolute atomic E-state index is 0.108. The molecule has 0 bridgehead atoms. The molecule has 0 aliphatic heterocycles. The summed E-state index contributed by atoms with van der Waals surface area (Å²) < 4.78 is 5.16. The molecule has 1 aliphatic rings. The maximum Gasteiger partial charge on any atom is 0.408 e. The Morgan fingerprint density at radius 3 is 2.50 bits per heavy atom. The third-order valence-electron chi connectivity index (χ3n) is 4.20. The quantitative estimate of drug-likeness (QED) is 0.894. The fourth-order valence-electron chi connectivity index (χ4n) is 3.16. The van der Waals surface area contributed by atoms with Gasteiger partial charge in [0.05, 0.1) is 0 Å². The van der Waals surface area contributed by atoms with Crippen LogP contribution in [0.3, 0.4) is 0 Å². The summed E-state index contributed by atoms with van der Waals surface area (Å²) in [6.45, 7) is 4.19. The Labute approximate surface area is 130 Å². The molecule has 0 unspecified atom stereocenters. The Balaban J connectivity index is 1.99. The predicted octanol–water partition coefficient (Wildman–Crippen LogP) is 3.34. The molecular weight excluding hydrogens is 282 g/mol. The van der Waals surface area contributed by atoms with Crippen LogP contribution < -0.4 is 5.32 Å². The van der Waals surface area contributed by atoms with E-state index in [2.05, 4.69) is 5.32 Å². The Morgan fingerprint density at radius 1 is 1.23 bits per heavy atom. The number of hydrogen-bond donors (Lipinski definition) is 2. The molecule has 5 nitrogen and oxygen atoms in total. The fourth-order valence-corrected chi connectivity index (χ4v) is 3.16. The van der Waals surface area contributed by atoms with Crippen molar-refractivity contribution in [3.63, 3.8) is 0 Å². The molecule has 2 rings (SSSR count). The van der Waals surface area contributed by atoms with Gasteiger partial charge in [0.15, 0.2) is 0 Å². The van der Waals surface area contributed by atoms with Crippen molar-refractivity contribution < 1.29 is 19.4 Å². The van der Waals surface area contributed by atoms with Crippen molar-refractivity contribution in [1.82, 2.24) is 5.32 Å². The van der Waals surface area contributed by atoms with Gasteiger partial charge in [-0.15, -0.1) is 0 Å². The largest absolute Gasteiger partial charge is 0.480 e. The van der Waals surface area contributed by atoms with E-state index in [-0.39, 0.29) is 12.0 Å². The molecule has 0 spiro atoms. The molecule has 1 fully saturated rings. The zero-order chi connectivity index (χ0) is 16.2. The predicted molar refractivity (Wildman–Crippen MR) is 82.4 cm³/mol. The van der Waals surface area contributed by atoms with Crippen LogP contribution in [0.4, 0.5) is 4.79 Å². The van der Waals surface area contributed by atoms with E-state index in [9.17, 15) is 14.7 Å². The molecule has 1 saturated carbocycles. The highest BCUT2D eigenvalue weighted by Crippen LogP contribution is 2.41. The van der Waals surface area contributed by atoms with Crippen molar-refractivity contribution in [2.75, 3.05) is 0 Å². The van der Waals surface area contributed by atoms with Gasteiger partial charge < -0.3 is 15.2 Å². The zero-order valence-corrected chi connectivity index (χ0v) is 13.1. The van der Waals surface area contributed by atoms with Crippen molar-refractivity contribution in [3.05, 3.63) is 35.9 Å². The maximum atomic E-state index is 12.0. The number of benzene rings is 1. The van der Waals surface area contributed by atoms with E-state index >= 15 is 0 Å². The average Bonchev–Trinajstić information content (AvgIpc) is 2.45. The third kappa shape index (κ3) is 4.00. The number of carboxylic acid groups (broad SMARTS) is 1. The molecule has 5 heteroatoms. The lowest BCUT2D eigenvalue weighted by Gasteiger charge is -2.42. The van der Waals surface area contributed by atoms with Crippen molar-refractivity contribution in [1.29, 1.82) is 0 Å². The monoisotopic (exact) mass is 305 g/mol. The zero-order valence-electron chi connectivity index (χ0n) is 13.1. The lowest BCUT2D eigenvalue weighted by atomic mass is 9.68. The van der Waals surface area contributed by atoms with Gasteiger partial charge in [-0.2, -0.15) is 0 Å². The summed E-state index contributed by atoms with van der Waals surface area (Å²) in [5.41, 5.74) is -0.468. The number of hydrogen-bond acceptors (Lipinski definition) is 3. The topological polar surface area (TPSA) is 75.6 Å². The van der Waals surface area contributed by atoms with Gasteiger partial charge in [0.1, 0.15) is 12.1 Å². The van der Waals surface area contributed by atoms with E-state index in [0.717, 1.165) is 18.4 Å². The smallest absolute Gasteiger partial charge is 0.408 e. The number of alkyl carbamates (subject to hydrolysis) is 1. The maximum absolute atomic E-state index is 12.0. The van der Waals surface area contributed by atoms with E-state index in [4.69, 9.17) is 4.74 Å². The number of carboxylic acids is 1. The molecule has 0 saturated heterocycles. The van der Waals surface area contributed by atoms with Crippen molar-refractivity contribution in [2.45, 2.75) is 51.7 Å². The molecule has 120 valence electrons. The molecule has 0 aromatic heterocycles. The molecule has 1 aliphatic carbocycles. The Hall–Kier alpha value is -2.04. The Kier molecular flexibility index (Phi) is 4.74. The molecule has 2 N–H and O–H groups in total. The highest BCUT2D eigenvalue weighted by atomic mass is 16.5. The van der Waals surface area contributed by atoms with E-state index in [1.54, 1.807) is 0 Å². The van der Waals surface area contributed by atoms with E-state index in [1.807, 2.05) is 44.2 Å². The van der Waals surface area contributed by atoms with E-state index in [1.165, 1.54) is 0 Å². The number of aliphatic carboxylic acids is 1. The van der Waals surface area contributed by atoms with Gasteiger partial charge in [0, 0.05) is 0 Å². The summed E-state index contributed by atoms with van der Waals surface area (Å²) in [7, 11) is 0. The van der Waals surface area contributed by atoms with Crippen LogP contribution in [0.2, 0.25) is 0 Å². The van der Waals surface area contributed by atoms with Crippen LogP contribution in [0.5, 0.6) is 0 Å². The third-order valence-corrected chi connectivity index (χ3v) is 4.20. The van der Waals surface area contributed by atoms with E-state index in [0.29, 0.717) is 12.8 Å². The molecule has 1 atom stereocenters. The first kappa shape index (κ1) is 16.3. The number of rotatable bonds is 4. The summed E-state index contributed by atoms with van der Waals surface area (Å²) in [6, 6.07) is 9.30. The summed E-state index contributed by atoms with van der Waals surface area (Å²) >= 11 is 0. The Bertz CT molecular complexity index is 541. The highest BCUT2D eigenvalue weighted by molar-refractivity contribution is 5.84. The van der Waals surface area contributed by atoms with Crippen molar-refractivity contribution in [2.24, 2.45) is 5.41 Å². The summed E-state index contributed by atoms with van der Waals surface area (Å²) in [6.07, 6.45) is 1.91. The first-order valence-corrected chi connectivity index (χ1v) is 7.55. The number of carbonyl (C=O) groups is 2. The number of carbonyl (C=O) groups excluding carboxylic acids is 1. The van der Waals surface area contributed by atoms with Crippen LogP contribution in [0.15, 0.2) is 30.3 Å². The SMILES string of the molecule is CC1(C)CCC[C@@](NC(=O)OCc2ccccc2)(C(=O)O)C1. The van der Waals surface area contributed by atoms with Crippen molar-refractivity contribution in [3.8, 4) is 0 Å². The van der Waals surface area contributed by atoms with Crippen LogP contribution in [-0.2, 0) is 16.1 Å². The lowest BCUT2D eigenvalue weighted by molar-refractivity contribution is -0.148. The van der Waals surface area contributed by atoms with Gasteiger partial charge in [-0.05, 0) is 36.7 Å². The first-order valence-electron chi connectivity index (χ1n) is 7.55. The van der Waals surface area contributed by atoms with Gasteiger partial charge in [-0.3, -0.25) is 0 Å². The first-order chi connectivity index (χ1) is 10.3. The van der Waals surface area contributed by atoms with Gasteiger partial charge in [-0.1, -0.05) is 44.2 Å². The average molecular weight is 305 g/mol. The fraction of sp³-hybridized carbons (Fsp3) is 0.529. The minimum Gasteiger partial charge on any atom is -0.480 e. The molecule has 1 amide bonds. The van der Waals surface area contributed by atoms with Gasteiger partial charge >= 0.3 is 12.1 Å². The normalized spacial score (nSPS) is 23.5. The van der Waals surface area contributed by atoms with E-state index < -0.39 is 17.6 Å². The van der Waals surface area contributed by atoms with Crippen LogP contribution in [0, 0.1) is 5.41 Å². The van der Waals surface area contributed by atoms with Crippen LogP contribution in [-0.4, -0.2) is 22.7 Å². The minimum atomic E-state index is -1.23. The second-order valence-corrected chi connectivity index (χ2v) is 6.77. The highest BCUT2D eigenvalue weighted by Gasteiger charge is 2.47. The summed E-state index contributed by atoms with van der Waals surface area (Å²) in [5, 5.41) is 12.2. The Morgan fingerprint density at radius 2 is 1.91 bits per heavy atom. The molecule has 0 heterocycles. The molecule has 1 aromatic rings. The van der Waals surface area contributed by atoms with Gasteiger partial charge in [0.25, 0.3) is 0 Å². The van der Waals surface area contributed by atoms with Crippen LogP contribution in [0.25, 0.3) is 0 Å². The molecule has 22 heavy (non-hydrogen) atoms. The number of nitrogens with one attached hydrogen (secondary N) is 1. The second-order valence-electron chi connectivity index (χ2n) is 6.77. The second kappa shape index (κ2) is 6.38. The lowest BCUT2D eigenvalue weighted by Crippen LogP contribution is -2.58. The molecule has 0 radical (unpaired) electrons. The standard InChI is InChI=1S/C17H23NO4/c1-16(2)9-6-10-17(12-16,14(19)20)18-15(21)22-11-13-7-4-3-5-8-13/h3-5,7-8H,6,9-12H2,1-2H3,(H,18,21)(H,19,20)/t17-/m0/s1. The van der Waals surface area contributed by atoms with Crippen LogP contribution >= 0.6 is 0 Å². The molecule has 1 aromatic carbocycles. The van der Waals surface area contributed by atoms with Crippen LogP contribution in [0.1, 0.15) is 45.1 Å². The van der Waals surface area contributed by atoms with Gasteiger partial charge in [0.2, 0.25) is 0 Å². The van der Waals surface area contributed by atoms with Crippen molar-refractivity contribution >= 4 is 12.1 Å². The van der Waals surface area contributed by atoms with Gasteiger partial charge in [-0.25, -0.2) is 9.59 Å². The number of ether oxygens (including phenoxy) is 1. The summed E-state index contributed by atoms with van der Waals surface area (Å²) in [4.78, 5) is 23.7.